The minimum absolute atomic E-state index is 0.0549. The summed E-state index contributed by atoms with van der Waals surface area (Å²) in [5.41, 5.74) is 1.65. The van der Waals surface area contributed by atoms with Gasteiger partial charge in [0.25, 0.3) is 5.69 Å². The lowest BCUT2D eigenvalue weighted by atomic mass is 10.0. The van der Waals surface area contributed by atoms with Crippen molar-refractivity contribution < 1.29 is 9.72 Å². The van der Waals surface area contributed by atoms with Crippen LogP contribution in [0.2, 0.25) is 0 Å². The van der Waals surface area contributed by atoms with E-state index in [2.05, 4.69) is 15.2 Å². The average Bonchev–Trinajstić information content (AvgIpc) is 3.36. The van der Waals surface area contributed by atoms with Crippen molar-refractivity contribution in [1.29, 1.82) is 0 Å². The maximum Gasteiger partial charge on any atom is 0.269 e. The number of nitro groups is 1. The van der Waals surface area contributed by atoms with Gasteiger partial charge < -0.3 is 4.90 Å². The number of aromatic amines is 1. The number of nitrogens with one attached hydrogen (secondary N) is 1. The van der Waals surface area contributed by atoms with E-state index < -0.39 is 4.92 Å². The number of hydrogen-bond acceptors (Lipinski definition) is 7. The first-order chi connectivity index (χ1) is 13.1. The van der Waals surface area contributed by atoms with E-state index in [9.17, 15) is 14.9 Å². The van der Waals surface area contributed by atoms with Crippen molar-refractivity contribution >= 4 is 40.4 Å². The summed E-state index contributed by atoms with van der Waals surface area (Å²) in [5, 5.41) is 20.5. The number of fused-ring (bicyclic) bond motifs is 1. The summed E-state index contributed by atoms with van der Waals surface area (Å²) >= 11 is 2.84. The Labute approximate surface area is 162 Å². The summed E-state index contributed by atoms with van der Waals surface area (Å²) in [5.74, 6) is 0.839. The van der Waals surface area contributed by atoms with Crippen LogP contribution in [0.25, 0.3) is 10.7 Å². The fraction of sp³-hybridized carbons (Fsp3) is 0.235. The Bertz CT molecular complexity index is 986. The number of aromatic nitrogens is 3. The van der Waals surface area contributed by atoms with E-state index in [4.69, 9.17) is 0 Å². The molecular formula is C17H15N5O3S2. The molecule has 138 valence electrons. The van der Waals surface area contributed by atoms with E-state index in [1.165, 1.54) is 17.8 Å². The Morgan fingerprint density at radius 2 is 2.30 bits per heavy atom. The van der Waals surface area contributed by atoms with Gasteiger partial charge in [-0.1, -0.05) is 17.8 Å². The number of benzene rings is 1. The van der Waals surface area contributed by atoms with Crippen LogP contribution in [0.15, 0.2) is 40.9 Å². The molecule has 0 saturated heterocycles. The summed E-state index contributed by atoms with van der Waals surface area (Å²) in [6.45, 7) is 0.610. The standard InChI is InChI=1S/C17H15N5O3S2/c23-15(10-27-17-18-16(19-20-17)14-4-2-8-26-14)21-7-1-3-11-9-12(22(24)25)5-6-13(11)21/h2,4-6,8-9H,1,3,7,10H2,(H,18,19,20). The zero-order valence-electron chi connectivity index (χ0n) is 14.1. The number of thiophene rings is 1. The number of aryl methyl sites for hydroxylation is 1. The highest BCUT2D eigenvalue weighted by atomic mass is 32.2. The predicted molar refractivity (Wildman–Crippen MR) is 104 cm³/mol. The predicted octanol–water partition coefficient (Wildman–Crippen LogP) is 3.51. The molecule has 1 aliphatic rings. The zero-order valence-corrected chi connectivity index (χ0v) is 15.8. The van der Waals surface area contributed by atoms with Crippen molar-refractivity contribution in [3.05, 3.63) is 51.4 Å². The lowest BCUT2D eigenvalue weighted by Gasteiger charge is -2.29. The minimum Gasteiger partial charge on any atom is -0.311 e. The van der Waals surface area contributed by atoms with Gasteiger partial charge in [-0.05, 0) is 35.9 Å². The molecule has 3 aromatic rings. The molecule has 27 heavy (non-hydrogen) atoms. The molecule has 10 heteroatoms. The number of nitrogens with zero attached hydrogens (tertiary/aromatic N) is 4. The number of thioether (sulfide) groups is 1. The van der Waals surface area contributed by atoms with Crippen LogP contribution < -0.4 is 4.90 Å². The number of amides is 1. The van der Waals surface area contributed by atoms with Gasteiger partial charge in [0.05, 0.1) is 15.6 Å². The van der Waals surface area contributed by atoms with Gasteiger partial charge in [-0.15, -0.1) is 16.4 Å². The van der Waals surface area contributed by atoms with Crippen LogP contribution >= 0.6 is 23.1 Å². The van der Waals surface area contributed by atoms with Crippen LogP contribution in [-0.4, -0.2) is 38.3 Å². The largest absolute Gasteiger partial charge is 0.311 e. The van der Waals surface area contributed by atoms with Gasteiger partial charge in [0.15, 0.2) is 5.82 Å². The van der Waals surface area contributed by atoms with Crippen molar-refractivity contribution in [3.63, 3.8) is 0 Å². The van der Waals surface area contributed by atoms with Crippen molar-refractivity contribution in [3.8, 4) is 10.7 Å². The summed E-state index contributed by atoms with van der Waals surface area (Å²) in [7, 11) is 0. The molecule has 0 aliphatic carbocycles. The van der Waals surface area contributed by atoms with Gasteiger partial charge >= 0.3 is 0 Å². The van der Waals surface area contributed by atoms with Gasteiger partial charge in [0.1, 0.15) is 0 Å². The first kappa shape index (κ1) is 17.7. The van der Waals surface area contributed by atoms with E-state index in [0.29, 0.717) is 17.5 Å². The third kappa shape index (κ3) is 3.71. The molecular weight excluding hydrogens is 386 g/mol. The van der Waals surface area contributed by atoms with E-state index in [1.54, 1.807) is 28.4 Å². The highest BCUT2D eigenvalue weighted by molar-refractivity contribution is 7.99. The molecule has 1 aromatic carbocycles. The molecule has 1 aliphatic heterocycles. The maximum atomic E-state index is 12.7. The van der Waals surface area contributed by atoms with Crippen LogP contribution in [0.1, 0.15) is 12.0 Å². The molecule has 0 bridgehead atoms. The van der Waals surface area contributed by atoms with Crippen LogP contribution in [0, 0.1) is 10.1 Å². The van der Waals surface area contributed by atoms with E-state index in [-0.39, 0.29) is 17.3 Å². The minimum atomic E-state index is -0.411. The lowest BCUT2D eigenvalue weighted by molar-refractivity contribution is -0.384. The molecule has 4 rings (SSSR count). The first-order valence-electron chi connectivity index (χ1n) is 8.28. The smallest absolute Gasteiger partial charge is 0.269 e. The molecule has 1 N–H and O–H groups in total. The second-order valence-electron chi connectivity index (χ2n) is 5.95. The number of hydrogen-bond donors (Lipinski definition) is 1. The zero-order chi connectivity index (χ0) is 18.8. The molecule has 8 nitrogen and oxygen atoms in total. The Hall–Kier alpha value is -2.72. The van der Waals surface area contributed by atoms with Gasteiger partial charge in [-0.3, -0.25) is 20.0 Å². The molecule has 0 spiro atoms. The van der Waals surface area contributed by atoms with Crippen molar-refractivity contribution in [2.45, 2.75) is 18.0 Å². The summed E-state index contributed by atoms with van der Waals surface area (Å²) in [4.78, 5) is 30.3. The van der Waals surface area contributed by atoms with Crippen LogP contribution in [-0.2, 0) is 11.2 Å². The number of non-ortho nitro benzene ring substituents is 1. The normalized spacial score (nSPS) is 13.4. The lowest BCUT2D eigenvalue weighted by Crippen LogP contribution is -2.36. The number of nitro benzene ring substituents is 1. The average molecular weight is 401 g/mol. The van der Waals surface area contributed by atoms with Crippen LogP contribution in [0.5, 0.6) is 0 Å². The molecule has 0 atom stereocenters. The van der Waals surface area contributed by atoms with Crippen molar-refractivity contribution in [1.82, 2.24) is 15.2 Å². The summed E-state index contributed by atoms with van der Waals surface area (Å²) < 4.78 is 0. The highest BCUT2D eigenvalue weighted by Crippen LogP contribution is 2.31. The van der Waals surface area contributed by atoms with E-state index >= 15 is 0 Å². The number of rotatable bonds is 5. The van der Waals surface area contributed by atoms with Gasteiger partial charge in [0.2, 0.25) is 11.1 Å². The quantitative estimate of drug-likeness (QED) is 0.398. The second kappa shape index (κ2) is 7.49. The Balaban J connectivity index is 1.44. The fourth-order valence-corrected chi connectivity index (χ4v) is 4.33. The third-order valence-electron chi connectivity index (χ3n) is 4.24. The number of anilines is 1. The topological polar surface area (TPSA) is 105 Å². The maximum absolute atomic E-state index is 12.7. The van der Waals surface area contributed by atoms with Crippen LogP contribution in [0.3, 0.4) is 0 Å². The SMILES string of the molecule is O=C(CSc1n[nH]c(-c2cccs2)n1)N1CCCc2cc([N+](=O)[O-])ccc21. The summed E-state index contributed by atoms with van der Waals surface area (Å²) in [6, 6.07) is 8.56. The van der Waals surface area contributed by atoms with Crippen molar-refractivity contribution in [2.75, 3.05) is 17.2 Å². The van der Waals surface area contributed by atoms with Gasteiger partial charge in [-0.2, -0.15) is 0 Å². The second-order valence-corrected chi connectivity index (χ2v) is 7.84. The third-order valence-corrected chi connectivity index (χ3v) is 5.95. The molecule has 3 heterocycles. The Kier molecular flexibility index (Phi) is 4.90. The molecule has 1 amide bonds. The number of H-pyrrole nitrogens is 1. The molecule has 0 saturated carbocycles. The van der Waals surface area contributed by atoms with E-state index in [0.717, 1.165) is 29.0 Å². The molecule has 0 unspecified atom stereocenters. The molecule has 0 radical (unpaired) electrons. The van der Waals surface area contributed by atoms with Gasteiger partial charge in [0, 0.05) is 24.4 Å². The molecule has 0 fully saturated rings. The summed E-state index contributed by atoms with van der Waals surface area (Å²) in [6.07, 6.45) is 1.52. The monoisotopic (exact) mass is 401 g/mol. The fourth-order valence-electron chi connectivity index (χ4n) is 2.99. The molecule has 2 aromatic heterocycles. The van der Waals surface area contributed by atoms with Crippen LogP contribution in [0.4, 0.5) is 11.4 Å². The number of carbonyl (C=O) groups excluding carboxylic acids is 1. The van der Waals surface area contributed by atoms with Crippen molar-refractivity contribution in [2.24, 2.45) is 0 Å². The Morgan fingerprint density at radius 3 is 3.07 bits per heavy atom. The Morgan fingerprint density at radius 1 is 1.41 bits per heavy atom. The first-order valence-corrected chi connectivity index (χ1v) is 10.1. The van der Waals surface area contributed by atoms with E-state index in [1.807, 2.05) is 17.5 Å². The van der Waals surface area contributed by atoms with Gasteiger partial charge in [-0.25, -0.2) is 4.98 Å². The highest BCUT2D eigenvalue weighted by Gasteiger charge is 2.24. The number of carbonyl (C=O) groups is 1.